The van der Waals surface area contributed by atoms with Crippen molar-refractivity contribution >= 4 is 12.7 Å². The summed E-state index contributed by atoms with van der Waals surface area (Å²) in [6.45, 7) is 3.31. The normalized spacial score (nSPS) is 25.0. The molecule has 2 aliphatic heterocycles. The molecule has 0 saturated carbocycles. The number of carbonyl (C=O) groups excluding carboxylic acids is 1. The second-order valence-electron chi connectivity index (χ2n) is 7.62. The first-order valence-electron chi connectivity index (χ1n) is 9.44. The standard InChI is InChI=1S/C20H29BO2/c1-16(20(22)23-15-17-7-3-2-4-8-17)13-14-21-18-9-5-10-19(21)12-6-11-18/h2-4,7-8,16,18-19H,5-6,9-15H2,1H3. The molecule has 2 bridgehead atoms. The Kier molecular flexibility index (Phi) is 5.80. The average molecular weight is 312 g/mol. The van der Waals surface area contributed by atoms with Crippen LogP contribution < -0.4 is 0 Å². The fourth-order valence-corrected chi connectivity index (χ4v) is 4.72. The molecule has 0 spiro atoms. The van der Waals surface area contributed by atoms with E-state index in [0.29, 0.717) is 6.61 Å². The molecule has 2 saturated heterocycles. The van der Waals surface area contributed by atoms with Gasteiger partial charge in [0.15, 0.2) is 0 Å². The molecule has 2 nitrogen and oxygen atoms in total. The number of rotatable bonds is 6. The van der Waals surface area contributed by atoms with Gasteiger partial charge in [-0.2, -0.15) is 0 Å². The summed E-state index contributed by atoms with van der Waals surface area (Å²) in [6, 6.07) is 9.94. The van der Waals surface area contributed by atoms with Crippen molar-refractivity contribution in [1.82, 2.24) is 0 Å². The fraction of sp³-hybridized carbons (Fsp3) is 0.650. The maximum absolute atomic E-state index is 12.2. The van der Waals surface area contributed by atoms with Gasteiger partial charge in [0.2, 0.25) is 0 Å². The lowest BCUT2D eigenvalue weighted by Gasteiger charge is -2.41. The molecule has 23 heavy (non-hydrogen) atoms. The quantitative estimate of drug-likeness (QED) is 0.522. The van der Waals surface area contributed by atoms with Gasteiger partial charge in [0.1, 0.15) is 13.3 Å². The van der Waals surface area contributed by atoms with E-state index in [9.17, 15) is 4.79 Å². The highest BCUT2D eigenvalue weighted by Gasteiger charge is 2.38. The van der Waals surface area contributed by atoms with Gasteiger partial charge in [0, 0.05) is 0 Å². The van der Waals surface area contributed by atoms with Gasteiger partial charge in [0.25, 0.3) is 0 Å². The molecular weight excluding hydrogens is 283 g/mol. The van der Waals surface area contributed by atoms with Crippen LogP contribution in [-0.2, 0) is 16.1 Å². The third kappa shape index (κ3) is 4.40. The van der Waals surface area contributed by atoms with Crippen molar-refractivity contribution in [3.05, 3.63) is 35.9 Å². The van der Waals surface area contributed by atoms with Gasteiger partial charge in [-0.3, -0.25) is 4.79 Å². The highest BCUT2D eigenvalue weighted by atomic mass is 16.5. The number of benzene rings is 1. The van der Waals surface area contributed by atoms with Crippen LogP contribution in [0.4, 0.5) is 0 Å². The number of ether oxygens (including phenoxy) is 1. The summed E-state index contributed by atoms with van der Waals surface area (Å²) in [6.07, 6.45) is 10.8. The van der Waals surface area contributed by atoms with E-state index in [-0.39, 0.29) is 11.9 Å². The smallest absolute Gasteiger partial charge is 0.308 e. The van der Waals surface area contributed by atoms with Crippen molar-refractivity contribution in [3.8, 4) is 0 Å². The molecule has 1 atom stereocenters. The van der Waals surface area contributed by atoms with E-state index < -0.39 is 0 Å². The van der Waals surface area contributed by atoms with Gasteiger partial charge in [-0.05, 0) is 12.0 Å². The molecule has 3 heteroatoms. The van der Waals surface area contributed by atoms with Crippen LogP contribution in [0.2, 0.25) is 18.0 Å². The fourth-order valence-electron chi connectivity index (χ4n) is 4.72. The lowest BCUT2D eigenvalue weighted by Crippen LogP contribution is -2.35. The Labute approximate surface area is 141 Å². The summed E-state index contributed by atoms with van der Waals surface area (Å²) in [5, 5.41) is 0. The molecule has 124 valence electrons. The first-order valence-corrected chi connectivity index (χ1v) is 9.44. The first kappa shape index (κ1) is 16.6. The monoisotopic (exact) mass is 312 g/mol. The van der Waals surface area contributed by atoms with E-state index in [0.717, 1.165) is 30.3 Å². The minimum Gasteiger partial charge on any atom is -0.461 e. The Bertz CT molecular complexity index is 480. The summed E-state index contributed by atoms with van der Waals surface area (Å²) >= 11 is 0. The Hall–Kier alpha value is -1.25. The summed E-state index contributed by atoms with van der Waals surface area (Å²) in [5.41, 5.74) is 1.06. The van der Waals surface area contributed by atoms with Crippen LogP contribution in [-0.4, -0.2) is 12.7 Å². The number of esters is 1. The minimum atomic E-state index is -0.0326. The molecule has 0 radical (unpaired) electrons. The molecule has 0 amide bonds. The van der Waals surface area contributed by atoms with Gasteiger partial charge >= 0.3 is 5.97 Å². The molecular formula is C20H29BO2. The molecule has 1 unspecified atom stereocenters. The number of fused-ring (bicyclic) bond motifs is 2. The van der Waals surface area contributed by atoms with Crippen molar-refractivity contribution < 1.29 is 9.53 Å². The largest absolute Gasteiger partial charge is 0.461 e. The molecule has 0 N–H and O–H groups in total. The molecule has 1 aromatic carbocycles. The number of hydrogen-bond acceptors (Lipinski definition) is 2. The van der Waals surface area contributed by atoms with Crippen LogP contribution in [0.5, 0.6) is 0 Å². The average Bonchev–Trinajstić information content (AvgIpc) is 2.58. The first-order chi connectivity index (χ1) is 11.2. The zero-order chi connectivity index (χ0) is 16.1. The van der Waals surface area contributed by atoms with Crippen LogP contribution in [0.1, 0.15) is 57.4 Å². The van der Waals surface area contributed by atoms with Crippen LogP contribution >= 0.6 is 0 Å². The summed E-state index contributed by atoms with van der Waals surface area (Å²) in [4.78, 5) is 12.2. The number of hydrogen-bond donors (Lipinski definition) is 0. The zero-order valence-electron chi connectivity index (χ0n) is 14.4. The van der Waals surface area contributed by atoms with E-state index in [1.165, 1.54) is 44.8 Å². The molecule has 0 aliphatic carbocycles. The SMILES string of the molecule is CC(CCB1C2CCCC1CCC2)C(=O)OCc1ccccc1. The van der Waals surface area contributed by atoms with Gasteiger partial charge in [-0.1, -0.05) is 93.7 Å². The highest BCUT2D eigenvalue weighted by molar-refractivity contribution is 6.62. The van der Waals surface area contributed by atoms with Gasteiger partial charge in [-0.25, -0.2) is 0 Å². The van der Waals surface area contributed by atoms with Crippen LogP contribution in [0.15, 0.2) is 30.3 Å². The molecule has 2 fully saturated rings. The van der Waals surface area contributed by atoms with Crippen LogP contribution in [0, 0.1) is 5.92 Å². The number of carbonyl (C=O) groups is 1. The Morgan fingerprint density at radius 1 is 1.13 bits per heavy atom. The highest BCUT2D eigenvalue weighted by Crippen LogP contribution is 2.48. The van der Waals surface area contributed by atoms with E-state index in [1.807, 2.05) is 37.3 Å². The zero-order valence-corrected chi connectivity index (χ0v) is 14.4. The maximum Gasteiger partial charge on any atom is 0.308 e. The molecule has 0 aromatic heterocycles. The van der Waals surface area contributed by atoms with Crippen molar-refractivity contribution in [1.29, 1.82) is 0 Å². The lowest BCUT2D eigenvalue weighted by atomic mass is 9.25. The Morgan fingerprint density at radius 3 is 2.35 bits per heavy atom. The lowest BCUT2D eigenvalue weighted by molar-refractivity contribution is -0.149. The van der Waals surface area contributed by atoms with Gasteiger partial charge < -0.3 is 4.74 Å². The minimum absolute atomic E-state index is 0.0290. The molecule has 2 aliphatic rings. The molecule has 1 aromatic rings. The predicted octanol–water partition coefficient (Wildman–Crippen LogP) is 5.36. The molecule has 2 heterocycles. The topological polar surface area (TPSA) is 26.3 Å². The Balaban J connectivity index is 1.43. The van der Waals surface area contributed by atoms with E-state index in [1.54, 1.807) is 0 Å². The second-order valence-corrected chi connectivity index (χ2v) is 7.62. The maximum atomic E-state index is 12.2. The summed E-state index contributed by atoms with van der Waals surface area (Å²) in [7, 11) is 0. The van der Waals surface area contributed by atoms with Gasteiger partial charge in [-0.15, -0.1) is 0 Å². The van der Waals surface area contributed by atoms with E-state index in [2.05, 4.69) is 0 Å². The second kappa shape index (κ2) is 8.03. The van der Waals surface area contributed by atoms with Crippen LogP contribution in [0.3, 0.4) is 0 Å². The van der Waals surface area contributed by atoms with E-state index >= 15 is 0 Å². The third-order valence-electron chi connectivity index (χ3n) is 6.07. The molecule has 3 rings (SSSR count). The predicted molar refractivity (Wildman–Crippen MR) is 95.8 cm³/mol. The Morgan fingerprint density at radius 2 is 1.74 bits per heavy atom. The van der Waals surface area contributed by atoms with Crippen LogP contribution in [0.25, 0.3) is 0 Å². The van der Waals surface area contributed by atoms with E-state index in [4.69, 9.17) is 4.74 Å². The van der Waals surface area contributed by atoms with Crippen molar-refractivity contribution in [2.75, 3.05) is 0 Å². The third-order valence-corrected chi connectivity index (χ3v) is 6.07. The van der Waals surface area contributed by atoms with Gasteiger partial charge in [0.05, 0.1) is 5.92 Å². The van der Waals surface area contributed by atoms with Crippen molar-refractivity contribution in [2.45, 2.75) is 76.4 Å². The van der Waals surface area contributed by atoms with Crippen molar-refractivity contribution in [3.63, 3.8) is 0 Å². The summed E-state index contributed by atoms with van der Waals surface area (Å²) < 4.78 is 5.48. The summed E-state index contributed by atoms with van der Waals surface area (Å²) in [5.74, 6) is 1.88. The van der Waals surface area contributed by atoms with Crippen molar-refractivity contribution in [2.24, 2.45) is 5.92 Å².